The normalized spacial score (nSPS) is 11.1. The summed E-state index contributed by atoms with van der Waals surface area (Å²) >= 11 is 0. The Morgan fingerprint density at radius 2 is 1.96 bits per heavy atom. The number of hydrogen-bond donors (Lipinski definition) is 1. The van der Waals surface area contributed by atoms with Gasteiger partial charge < -0.3 is 0 Å². The highest BCUT2D eigenvalue weighted by atomic mass is 16.6. The highest BCUT2D eigenvalue weighted by Crippen LogP contribution is 2.21. The number of benzene rings is 2. The number of nitrogens with zero attached hydrogens (tertiary/aromatic N) is 6. The molecule has 4 aromatic rings. The van der Waals surface area contributed by atoms with Crippen molar-refractivity contribution in [2.45, 2.75) is 0 Å². The zero-order valence-electron chi connectivity index (χ0n) is 13.9. The van der Waals surface area contributed by atoms with Crippen LogP contribution in [0.2, 0.25) is 0 Å². The largest absolute Gasteiger partial charge is 0.270 e. The minimum atomic E-state index is -0.448. The Morgan fingerprint density at radius 1 is 1.11 bits per heavy atom. The average Bonchev–Trinajstić information content (AvgIpc) is 3.14. The molecular weight excluding hydrogens is 346 g/mol. The summed E-state index contributed by atoms with van der Waals surface area (Å²) in [6.07, 6.45) is 4.57. The van der Waals surface area contributed by atoms with E-state index in [1.54, 1.807) is 23.0 Å². The number of aromatic nitrogens is 4. The molecule has 4 rings (SSSR count). The number of fused-ring (bicyclic) bond motifs is 1. The fourth-order valence-corrected chi connectivity index (χ4v) is 2.58. The molecule has 0 aliphatic rings. The minimum absolute atomic E-state index is 0.00696. The molecule has 0 spiro atoms. The van der Waals surface area contributed by atoms with Crippen LogP contribution in [0.25, 0.3) is 16.7 Å². The van der Waals surface area contributed by atoms with Crippen LogP contribution < -0.4 is 5.43 Å². The zero-order valence-corrected chi connectivity index (χ0v) is 13.9. The molecule has 0 amide bonds. The molecule has 1 N–H and O–H groups in total. The number of anilines is 1. The van der Waals surface area contributed by atoms with Crippen LogP contribution in [0, 0.1) is 10.1 Å². The number of hydrazone groups is 1. The Kier molecular flexibility index (Phi) is 4.24. The van der Waals surface area contributed by atoms with E-state index in [4.69, 9.17) is 0 Å². The van der Waals surface area contributed by atoms with Crippen LogP contribution in [0.5, 0.6) is 0 Å². The molecule has 0 saturated carbocycles. The van der Waals surface area contributed by atoms with Gasteiger partial charge in [-0.05, 0) is 12.1 Å². The van der Waals surface area contributed by atoms with Crippen molar-refractivity contribution in [1.29, 1.82) is 0 Å². The standard InChI is InChI=1S/C18H13N7O2/c26-25(27)15-8-4-5-13(9-15)10-21-23-17-16-11-22-24(18(16)20-12-19-17)14-6-2-1-3-7-14/h1-12H,(H,19,20,23). The van der Waals surface area contributed by atoms with E-state index in [1.807, 2.05) is 30.3 Å². The molecule has 0 atom stereocenters. The first-order valence-corrected chi connectivity index (χ1v) is 8.00. The van der Waals surface area contributed by atoms with E-state index in [0.717, 1.165) is 5.69 Å². The quantitative estimate of drug-likeness (QED) is 0.333. The first-order valence-electron chi connectivity index (χ1n) is 8.00. The molecule has 0 saturated heterocycles. The number of rotatable bonds is 5. The van der Waals surface area contributed by atoms with Crippen LogP contribution in [0.3, 0.4) is 0 Å². The van der Waals surface area contributed by atoms with Gasteiger partial charge in [0.05, 0.1) is 28.4 Å². The lowest BCUT2D eigenvalue weighted by molar-refractivity contribution is -0.384. The van der Waals surface area contributed by atoms with E-state index in [1.165, 1.54) is 24.7 Å². The molecule has 0 fully saturated rings. The van der Waals surface area contributed by atoms with Crippen LogP contribution in [0.4, 0.5) is 11.5 Å². The predicted molar refractivity (Wildman–Crippen MR) is 101 cm³/mol. The van der Waals surface area contributed by atoms with Crippen LogP contribution >= 0.6 is 0 Å². The Morgan fingerprint density at radius 3 is 2.78 bits per heavy atom. The molecular formula is C18H13N7O2. The van der Waals surface area contributed by atoms with Gasteiger partial charge in [-0.2, -0.15) is 10.2 Å². The average molecular weight is 359 g/mol. The highest BCUT2D eigenvalue weighted by molar-refractivity contribution is 5.88. The molecule has 9 nitrogen and oxygen atoms in total. The van der Waals surface area contributed by atoms with Gasteiger partial charge in [-0.15, -0.1) is 0 Å². The smallest absolute Gasteiger partial charge is 0.261 e. The van der Waals surface area contributed by atoms with Crippen LogP contribution in [-0.2, 0) is 0 Å². The number of nitrogens with one attached hydrogen (secondary N) is 1. The molecule has 132 valence electrons. The molecule has 0 radical (unpaired) electrons. The highest BCUT2D eigenvalue weighted by Gasteiger charge is 2.10. The molecule has 2 aromatic carbocycles. The van der Waals surface area contributed by atoms with E-state index < -0.39 is 4.92 Å². The number of nitro groups is 1. The van der Waals surface area contributed by atoms with Crippen molar-refractivity contribution in [2.75, 3.05) is 5.43 Å². The van der Waals surface area contributed by atoms with Gasteiger partial charge in [0.15, 0.2) is 11.5 Å². The second-order valence-corrected chi connectivity index (χ2v) is 5.57. The van der Waals surface area contributed by atoms with Crippen molar-refractivity contribution >= 4 is 28.8 Å². The first-order chi connectivity index (χ1) is 13.2. The molecule has 2 aromatic heterocycles. The number of nitro benzene ring substituents is 1. The first kappa shape index (κ1) is 16.3. The second kappa shape index (κ2) is 7.00. The van der Waals surface area contributed by atoms with Crippen molar-refractivity contribution in [3.63, 3.8) is 0 Å². The summed E-state index contributed by atoms with van der Waals surface area (Å²) in [4.78, 5) is 18.9. The maximum atomic E-state index is 10.8. The summed E-state index contributed by atoms with van der Waals surface area (Å²) in [6, 6.07) is 15.8. The maximum absolute atomic E-state index is 10.8. The maximum Gasteiger partial charge on any atom is 0.270 e. The summed E-state index contributed by atoms with van der Waals surface area (Å²) in [7, 11) is 0. The van der Waals surface area contributed by atoms with E-state index in [2.05, 4.69) is 25.6 Å². The fourth-order valence-electron chi connectivity index (χ4n) is 2.58. The van der Waals surface area contributed by atoms with Crippen molar-refractivity contribution in [3.8, 4) is 5.69 Å². The summed E-state index contributed by atoms with van der Waals surface area (Å²) in [5.74, 6) is 0.490. The SMILES string of the molecule is O=[N+]([O-])c1cccc(C=NNc2ncnc3c2cnn3-c2ccccc2)c1. The predicted octanol–water partition coefficient (Wildman–Crippen LogP) is 3.17. The van der Waals surface area contributed by atoms with Gasteiger partial charge >= 0.3 is 0 Å². The van der Waals surface area contributed by atoms with Crippen molar-refractivity contribution in [2.24, 2.45) is 5.10 Å². The number of non-ortho nitro benzene ring substituents is 1. The van der Waals surface area contributed by atoms with Gasteiger partial charge in [0.25, 0.3) is 5.69 Å². The number of hydrogen-bond acceptors (Lipinski definition) is 7. The lowest BCUT2D eigenvalue weighted by atomic mass is 10.2. The van der Waals surface area contributed by atoms with Crippen molar-refractivity contribution < 1.29 is 4.92 Å². The Balaban J connectivity index is 1.61. The molecule has 0 aliphatic heterocycles. The monoisotopic (exact) mass is 359 g/mol. The second-order valence-electron chi connectivity index (χ2n) is 5.57. The van der Waals surface area contributed by atoms with Gasteiger partial charge in [-0.3, -0.25) is 15.5 Å². The third-order valence-electron chi connectivity index (χ3n) is 3.83. The lowest BCUT2D eigenvalue weighted by Crippen LogP contribution is -1.99. The molecule has 27 heavy (non-hydrogen) atoms. The Bertz CT molecular complexity index is 1140. The molecule has 0 aliphatic carbocycles. The van der Waals surface area contributed by atoms with Crippen LogP contribution in [-0.4, -0.2) is 30.9 Å². The van der Waals surface area contributed by atoms with Crippen molar-refractivity contribution in [3.05, 3.63) is 82.8 Å². The summed E-state index contributed by atoms with van der Waals surface area (Å²) in [5, 5.41) is 20.0. The van der Waals surface area contributed by atoms with Gasteiger partial charge in [0.1, 0.15) is 6.33 Å². The van der Waals surface area contributed by atoms with E-state index in [0.29, 0.717) is 22.4 Å². The third kappa shape index (κ3) is 3.33. The summed E-state index contributed by atoms with van der Waals surface area (Å²) in [6.45, 7) is 0. The third-order valence-corrected chi connectivity index (χ3v) is 3.83. The van der Waals surface area contributed by atoms with Crippen LogP contribution in [0.15, 0.2) is 72.2 Å². The zero-order chi connectivity index (χ0) is 18.6. The van der Waals surface area contributed by atoms with Crippen LogP contribution in [0.1, 0.15) is 5.56 Å². The molecule has 2 heterocycles. The van der Waals surface area contributed by atoms with E-state index >= 15 is 0 Å². The van der Waals surface area contributed by atoms with Crippen molar-refractivity contribution in [1.82, 2.24) is 19.7 Å². The van der Waals surface area contributed by atoms with Gasteiger partial charge in [-0.25, -0.2) is 14.6 Å². The van der Waals surface area contributed by atoms with E-state index in [9.17, 15) is 10.1 Å². The summed E-state index contributed by atoms with van der Waals surface area (Å²) < 4.78 is 1.71. The molecule has 0 bridgehead atoms. The Hall–Kier alpha value is -4.14. The molecule has 9 heteroatoms. The minimum Gasteiger partial charge on any atom is -0.261 e. The Labute approximate surface area is 153 Å². The van der Waals surface area contributed by atoms with Gasteiger partial charge in [0, 0.05) is 17.7 Å². The van der Waals surface area contributed by atoms with Gasteiger partial charge in [-0.1, -0.05) is 30.3 Å². The summed E-state index contributed by atoms with van der Waals surface area (Å²) in [5.41, 5.74) is 4.98. The lowest BCUT2D eigenvalue weighted by Gasteiger charge is -2.03. The van der Waals surface area contributed by atoms with E-state index in [-0.39, 0.29) is 5.69 Å². The molecule has 0 unspecified atom stereocenters. The number of para-hydroxylation sites is 1. The fraction of sp³-hybridized carbons (Fsp3) is 0. The topological polar surface area (TPSA) is 111 Å². The van der Waals surface area contributed by atoms with Gasteiger partial charge in [0.2, 0.25) is 0 Å².